The van der Waals surface area contributed by atoms with Crippen molar-refractivity contribution < 1.29 is 9.90 Å². The summed E-state index contributed by atoms with van der Waals surface area (Å²) < 4.78 is 2.16. The Hall–Kier alpha value is -2.69. The Morgan fingerprint density at radius 1 is 1.32 bits per heavy atom. The monoisotopic (exact) mass is 295 g/mol. The van der Waals surface area contributed by atoms with E-state index in [0.717, 1.165) is 41.0 Å². The van der Waals surface area contributed by atoms with Gasteiger partial charge in [-0.1, -0.05) is 13.0 Å². The second-order valence-corrected chi connectivity index (χ2v) is 5.22. The average Bonchev–Trinajstić information content (AvgIpc) is 2.86. The second-order valence-electron chi connectivity index (χ2n) is 5.22. The fourth-order valence-electron chi connectivity index (χ4n) is 2.63. The van der Waals surface area contributed by atoms with Crippen LogP contribution in [0.1, 0.15) is 18.9 Å². The number of hydrogen-bond acceptors (Lipinski definition) is 3. The van der Waals surface area contributed by atoms with Crippen molar-refractivity contribution in [1.82, 2.24) is 14.5 Å². The number of carboxylic acid groups (broad SMARTS) is 1. The Balaban J connectivity index is 2.15. The largest absolute Gasteiger partial charge is 0.481 e. The Kier molecular flexibility index (Phi) is 3.87. The van der Waals surface area contributed by atoms with Crippen molar-refractivity contribution in [1.29, 1.82) is 0 Å². The van der Waals surface area contributed by atoms with E-state index in [9.17, 15) is 4.79 Å². The highest BCUT2D eigenvalue weighted by Gasteiger charge is 2.13. The summed E-state index contributed by atoms with van der Waals surface area (Å²) in [6, 6.07) is 9.54. The minimum atomic E-state index is -0.833. The Morgan fingerprint density at radius 2 is 2.18 bits per heavy atom. The van der Waals surface area contributed by atoms with Gasteiger partial charge in [0.2, 0.25) is 0 Å². The van der Waals surface area contributed by atoms with Gasteiger partial charge in [0.1, 0.15) is 5.82 Å². The molecule has 5 heteroatoms. The van der Waals surface area contributed by atoms with Gasteiger partial charge in [0.05, 0.1) is 17.5 Å². The third-order valence-corrected chi connectivity index (χ3v) is 3.53. The number of rotatable bonds is 5. The minimum Gasteiger partial charge on any atom is -0.481 e. The second kappa shape index (κ2) is 5.97. The van der Waals surface area contributed by atoms with E-state index < -0.39 is 5.97 Å². The molecule has 0 atom stereocenters. The summed E-state index contributed by atoms with van der Waals surface area (Å²) in [7, 11) is 0. The van der Waals surface area contributed by atoms with Crippen LogP contribution in [0.5, 0.6) is 0 Å². The van der Waals surface area contributed by atoms with E-state index in [2.05, 4.69) is 16.5 Å². The number of pyridine rings is 1. The summed E-state index contributed by atoms with van der Waals surface area (Å²) in [5.74, 6) is 0.0391. The van der Waals surface area contributed by atoms with Crippen LogP contribution in [-0.4, -0.2) is 25.6 Å². The first-order valence-corrected chi connectivity index (χ1v) is 7.30. The van der Waals surface area contributed by atoms with E-state index in [-0.39, 0.29) is 6.42 Å². The van der Waals surface area contributed by atoms with Gasteiger partial charge in [-0.15, -0.1) is 0 Å². The van der Waals surface area contributed by atoms with Crippen LogP contribution >= 0.6 is 0 Å². The van der Waals surface area contributed by atoms with E-state index in [4.69, 9.17) is 10.1 Å². The molecule has 3 rings (SSSR count). The van der Waals surface area contributed by atoms with Gasteiger partial charge in [-0.25, -0.2) is 4.98 Å². The van der Waals surface area contributed by atoms with Crippen LogP contribution in [0.2, 0.25) is 0 Å². The van der Waals surface area contributed by atoms with E-state index in [1.54, 1.807) is 12.4 Å². The maximum atomic E-state index is 10.9. The molecule has 0 amide bonds. The number of aliphatic carboxylic acids is 1. The van der Waals surface area contributed by atoms with Gasteiger partial charge in [-0.3, -0.25) is 9.78 Å². The lowest BCUT2D eigenvalue weighted by atomic mass is 10.1. The lowest BCUT2D eigenvalue weighted by Crippen LogP contribution is -2.01. The third-order valence-electron chi connectivity index (χ3n) is 3.53. The van der Waals surface area contributed by atoms with E-state index in [0.29, 0.717) is 0 Å². The maximum Gasteiger partial charge on any atom is 0.307 e. The normalized spacial score (nSPS) is 11.0. The van der Waals surface area contributed by atoms with E-state index in [1.807, 2.05) is 30.3 Å². The van der Waals surface area contributed by atoms with Crippen molar-refractivity contribution in [2.45, 2.75) is 26.3 Å². The molecule has 2 heterocycles. The van der Waals surface area contributed by atoms with Crippen LogP contribution < -0.4 is 0 Å². The fraction of sp³-hybridized carbons (Fsp3) is 0.235. The van der Waals surface area contributed by atoms with Gasteiger partial charge in [0, 0.05) is 24.5 Å². The lowest BCUT2D eigenvalue weighted by molar-refractivity contribution is -0.136. The molecule has 22 heavy (non-hydrogen) atoms. The Morgan fingerprint density at radius 3 is 2.86 bits per heavy atom. The molecule has 0 aliphatic heterocycles. The number of fused-ring (bicyclic) bond motifs is 1. The molecule has 1 aromatic carbocycles. The predicted octanol–water partition coefficient (Wildman–Crippen LogP) is 3.14. The molecule has 3 aromatic rings. The first-order chi connectivity index (χ1) is 10.7. The molecule has 112 valence electrons. The van der Waals surface area contributed by atoms with Crippen LogP contribution in [0.3, 0.4) is 0 Å². The quantitative estimate of drug-likeness (QED) is 0.785. The number of aromatic nitrogens is 3. The topological polar surface area (TPSA) is 68.0 Å². The highest BCUT2D eigenvalue weighted by molar-refractivity contribution is 5.82. The first-order valence-electron chi connectivity index (χ1n) is 7.30. The highest BCUT2D eigenvalue weighted by atomic mass is 16.4. The number of carboxylic acids is 1. The molecule has 2 aromatic heterocycles. The van der Waals surface area contributed by atoms with Crippen LogP contribution in [0.4, 0.5) is 0 Å². The number of carbonyl (C=O) groups is 1. The SMILES string of the molecule is CCCn1c(-c2cccnc2)nc2cc(CC(=O)O)ccc21. The van der Waals surface area contributed by atoms with Crippen LogP contribution in [0, 0.1) is 0 Å². The van der Waals surface area contributed by atoms with Gasteiger partial charge in [-0.2, -0.15) is 0 Å². The van der Waals surface area contributed by atoms with Gasteiger partial charge in [-0.05, 0) is 36.2 Å². The zero-order chi connectivity index (χ0) is 15.5. The van der Waals surface area contributed by atoms with Crippen molar-refractivity contribution in [3.63, 3.8) is 0 Å². The summed E-state index contributed by atoms with van der Waals surface area (Å²) in [6.07, 6.45) is 4.54. The zero-order valence-electron chi connectivity index (χ0n) is 12.4. The number of aryl methyl sites for hydroxylation is 1. The molecule has 0 aliphatic rings. The summed E-state index contributed by atoms with van der Waals surface area (Å²) in [5, 5.41) is 8.93. The predicted molar refractivity (Wildman–Crippen MR) is 84.6 cm³/mol. The maximum absolute atomic E-state index is 10.9. The van der Waals surface area contributed by atoms with Crippen LogP contribution in [0.25, 0.3) is 22.4 Å². The van der Waals surface area contributed by atoms with Gasteiger partial charge >= 0.3 is 5.97 Å². The molecule has 0 fully saturated rings. The number of hydrogen-bond donors (Lipinski definition) is 1. The van der Waals surface area contributed by atoms with Gasteiger partial charge in [0.25, 0.3) is 0 Å². The summed E-state index contributed by atoms with van der Waals surface area (Å²) in [6.45, 7) is 2.98. The molecule has 0 saturated carbocycles. The molecule has 0 aliphatic carbocycles. The van der Waals surface area contributed by atoms with Crippen molar-refractivity contribution in [3.05, 3.63) is 48.3 Å². The van der Waals surface area contributed by atoms with Gasteiger partial charge < -0.3 is 9.67 Å². The molecular weight excluding hydrogens is 278 g/mol. The van der Waals surface area contributed by atoms with Crippen LogP contribution in [0.15, 0.2) is 42.7 Å². The molecule has 0 bridgehead atoms. The molecule has 5 nitrogen and oxygen atoms in total. The molecule has 0 spiro atoms. The minimum absolute atomic E-state index is 0.0127. The van der Waals surface area contributed by atoms with Crippen molar-refractivity contribution in [2.75, 3.05) is 0 Å². The highest BCUT2D eigenvalue weighted by Crippen LogP contribution is 2.25. The van der Waals surface area contributed by atoms with Crippen molar-refractivity contribution >= 4 is 17.0 Å². The fourth-order valence-corrected chi connectivity index (χ4v) is 2.63. The number of benzene rings is 1. The Bertz CT molecular complexity index is 809. The number of nitrogens with zero attached hydrogens (tertiary/aromatic N) is 3. The van der Waals surface area contributed by atoms with Gasteiger partial charge in [0.15, 0.2) is 0 Å². The smallest absolute Gasteiger partial charge is 0.307 e. The van der Waals surface area contributed by atoms with E-state index >= 15 is 0 Å². The molecule has 1 N–H and O–H groups in total. The van der Waals surface area contributed by atoms with E-state index in [1.165, 1.54) is 0 Å². The summed E-state index contributed by atoms with van der Waals surface area (Å²) >= 11 is 0. The van der Waals surface area contributed by atoms with Crippen molar-refractivity contribution in [3.8, 4) is 11.4 Å². The molecular formula is C17H17N3O2. The van der Waals surface area contributed by atoms with Crippen LogP contribution in [-0.2, 0) is 17.8 Å². The van der Waals surface area contributed by atoms with Crippen molar-refractivity contribution in [2.24, 2.45) is 0 Å². The zero-order valence-corrected chi connectivity index (χ0v) is 12.4. The first kappa shape index (κ1) is 14.3. The third kappa shape index (κ3) is 2.70. The summed E-state index contributed by atoms with van der Waals surface area (Å²) in [5.41, 5.74) is 3.58. The average molecular weight is 295 g/mol. The molecule has 0 saturated heterocycles. The molecule has 0 unspecified atom stereocenters. The Labute approximate surface area is 128 Å². The standard InChI is InChI=1S/C17H17N3O2/c1-2-8-20-15-6-5-12(10-16(21)22)9-14(15)19-17(20)13-4-3-7-18-11-13/h3-7,9,11H,2,8,10H2,1H3,(H,21,22). The lowest BCUT2D eigenvalue weighted by Gasteiger charge is -2.07. The molecule has 0 radical (unpaired) electrons. The number of imidazole rings is 1. The summed E-state index contributed by atoms with van der Waals surface area (Å²) in [4.78, 5) is 19.7.